The fourth-order valence-corrected chi connectivity index (χ4v) is 11.5. The van der Waals surface area contributed by atoms with Crippen molar-refractivity contribution < 1.29 is 0 Å². The molecule has 0 spiro atoms. The molecular weight excluding hydrogens is 531 g/mol. The Morgan fingerprint density at radius 1 is 0.688 bits per heavy atom. The molecule has 0 radical (unpaired) electrons. The molecule has 0 nitrogen and oxygen atoms in total. The Morgan fingerprint density at radius 2 is 1.22 bits per heavy atom. The first-order valence-corrected chi connectivity index (χ1v) is 25.0. The van der Waals surface area contributed by atoms with Crippen molar-refractivity contribution >= 4 is 56.1 Å². The van der Waals surface area contributed by atoms with Gasteiger partial charge in [0.05, 0.1) is 0 Å². The van der Waals surface area contributed by atoms with E-state index >= 15 is 0 Å². The van der Waals surface area contributed by atoms with Crippen LogP contribution in [0.15, 0.2) is 17.5 Å². The van der Waals surface area contributed by atoms with Crippen LogP contribution < -0.4 is 2.89 Å². The summed E-state index contributed by atoms with van der Waals surface area (Å²) in [6.07, 6.45) is 24.0. The molecule has 0 saturated heterocycles. The van der Waals surface area contributed by atoms with Gasteiger partial charge in [0.15, 0.2) is 0 Å². The molecule has 32 heavy (non-hydrogen) atoms. The fourth-order valence-electron chi connectivity index (χ4n) is 4.19. The average Bonchev–Trinajstić information content (AvgIpc) is 3.38. The minimum absolute atomic E-state index is 1.24. The predicted octanol–water partition coefficient (Wildman–Crippen LogP) is 10.3. The van der Waals surface area contributed by atoms with E-state index in [0.717, 1.165) is 0 Å². The van der Waals surface area contributed by atoms with Gasteiger partial charge in [-0.05, 0) is 0 Å². The number of rotatable bonds is 17. The zero-order chi connectivity index (χ0) is 23.2. The quantitative estimate of drug-likeness (QED) is 0.129. The van der Waals surface area contributed by atoms with E-state index in [1.807, 2.05) is 11.3 Å². The molecule has 0 aromatic carbocycles. The van der Waals surface area contributed by atoms with Gasteiger partial charge in [0.2, 0.25) is 0 Å². The second-order valence-electron chi connectivity index (χ2n) is 10.4. The van der Waals surface area contributed by atoms with Crippen LogP contribution in [0.25, 0.3) is 12.2 Å². The maximum absolute atomic E-state index is 2.60. The third-order valence-corrected chi connectivity index (χ3v) is 17.8. The van der Waals surface area contributed by atoms with E-state index in [4.69, 9.17) is 0 Å². The van der Waals surface area contributed by atoms with E-state index in [2.05, 4.69) is 69.7 Å². The summed E-state index contributed by atoms with van der Waals surface area (Å²) < 4.78 is 1.73. The Morgan fingerprint density at radius 3 is 1.81 bits per heavy atom. The third kappa shape index (κ3) is 10.5. The molecule has 3 heteroatoms. The second kappa shape index (κ2) is 15.8. The van der Waals surface area contributed by atoms with E-state index in [-0.39, 0.29) is 0 Å². The summed E-state index contributed by atoms with van der Waals surface area (Å²) >= 11 is 2.00. The summed E-state index contributed by atoms with van der Waals surface area (Å²) in [5, 5.41) is 2.29. The topological polar surface area (TPSA) is 0 Å². The van der Waals surface area contributed by atoms with Crippen LogP contribution in [0.2, 0.25) is 14.8 Å². The van der Waals surface area contributed by atoms with Crippen molar-refractivity contribution in [1.29, 1.82) is 0 Å². The first-order chi connectivity index (χ1) is 15.5. The van der Waals surface area contributed by atoms with Crippen LogP contribution in [0, 0.1) is 0 Å². The first-order valence-electron chi connectivity index (χ1n) is 13.3. The normalized spacial score (nSPS) is 12.3. The van der Waals surface area contributed by atoms with Crippen LogP contribution in [-0.2, 0) is 12.8 Å². The molecule has 2 heterocycles. The third-order valence-electron chi connectivity index (χ3n) is 6.35. The SMILES string of the molecule is CCCCCCCCc1ccsc1/C=C/c1s[c]([Sn]([CH3])([CH3])[CH3])cc1CCCCCCCC. The Hall–Kier alpha value is -0.0613. The van der Waals surface area contributed by atoms with E-state index in [9.17, 15) is 0 Å². The predicted molar refractivity (Wildman–Crippen MR) is 155 cm³/mol. The summed E-state index contributed by atoms with van der Waals surface area (Å²) in [6, 6.07) is 4.96. The van der Waals surface area contributed by atoms with Gasteiger partial charge in [-0.15, -0.1) is 0 Å². The summed E-state index contributed by atoms with van der Waals surface area (Å²) in [7, 11) is 0. The first kappa shape index (κ1) is 28.2. The van der Waals surface area contributed by atoms with Gasteiger partial charge in [0.25, 0.3) is 0 Å². The van der Waals surface area contributed by atoms with E-state index in [0.29, 0.717) is 0 Å². The Kier molecular flexibility index (Phi) is 13.9. The molecule has 0 saturated carbocycles. The minimum atomic E-state index is -2.02. The molecule has 0 aliphatic rings. The second-order valence-corrected chi connectivity index (χ2v) is 27.9. The Balaban J connectivity index is 1.98. The van der Waals surface area contributed by atoms with Crippen LogP contribution in [0.3, 0.4) is 0 Å². The number of aryl methyl sites for hydroxylation is 2. The molecule has 0 N–H and O–H groups in total. The van der Waals surface area contributed by atoms with Gasteiger partial charge in [-0.1, -0.05) is 19.8 Å². The Bertz CT molecular complexity index is 775. The van der Waals surface area contributed by atoms with Crippen LogP contribution in [0.5, 0.6) is 0 Å². The molecule has 2 rings (SSSR count). The van der Waals surface area contributed by atoms with Crippen LogP contribution in [0.4, 0.5) is 0 Å². The van der Waals surface area contributed by atoms with Crippen LogP contribution in [-0.4, -0.2) is 18.4 Å². The number of unbranched alkanes of at least 4 members (excludes halogenated alkanes) is 10. The van der Waals surface area contributed by atoms with Gasteiger partial charge in [-0.3, -0.25) is 0 Å². The van der Waals surface area contributed by atoms with Crippen LogP contribution in [0.1, 0.15) is 112 Å². The molecule has 0 atom stereocenters. The molecule has 2 aromatic heterocycles. The van der Waals surface area contributed by atoms with Crippen molar-refractivity contribution in [1.82, 2.24) is 0 Å². The molecule has 0 fully saturated rings. The monoisotopic (exact) mass is 580 g/mol. The van der Waals surface area contributed by atoms with Crippen molar-refractivity contribution in [2.45, 2.75) is 119 Å². The number of hydrogen-bond donors (Lipinski definition) is 0. The number of thiophene rings is 2. The molecule has 180 valence electrons. The van der Waals surface area contributed by atoms with Crippen molar-refractivity contribution in [3.05, 3.63) is 38.4 Å². The van der Waals surface area contributed by atoms with Gasteiger partial charge < -0.3 is 0 Å². The molecule has 0 amide bonds. The molecule has 0 aliphatic carbocycles. The summed E-state index contributed by atoms with van der Waals surface area (Å²) in [5.74, 6) is 0. The summed E-state index contributed by atoms with van der Waals surface area (Å²) in [4.78, 5) is 10.7. The zero-order valence-corrected chi connectivity index (χ0v) is 26.1. The van der Waals surface area contributed by atoms with Gasteiger partial charge in [0.1, 0.15) is 0 Å². The van der Waals surface area contributed by atoms with Crippen molar-refractivity contribution in [3.63, 3.8) is 0 Å². The van der Waals surface area contributed by atoms with Crippen molar-refractivity contribution in [2.24, 2.45) is 0 Å². The number of hydrogen-bond acceptors (Lipinski definition) is 2. The Labute approximate surface area is 211 Å². The average molecular weight is 580 g/mol. The van der Waals surface area contributed by atoms with Gasteiger partial charge in [-0.25, -0.2) is 0 Å². The van der Waals surface area contributed by atoms with Gasteiger partial charge in [0, 0.05) is 0 Å². The van der Waals surface area contributed by atoms with Gasteiger partial charge >= 0.3 is 193 Å². The molecule has 2 aromatic rings. The van der Waals surface area contributed by atoms with Crippen molar-refractivity contribution in [2.75, 3.05) is 0 Å². The molecular formula is C29H48S2Sn. The van der Waals surface area contributed by atoms with Crippen LogP contribution >= 0.6 is 22.7 Å². The van der Waals surface area contributed by atoms with Gasteiger partial charge in [-0.2, -0.15) is 0 Å². The van der Waals surface area contributed by atoms with Crippen molar-refractivity contribution in [3.8, 4) is 0 Å². The van der Waals surface area contributed by atoms with E-state index in [1.54, 1.807) is 18.9 Å². The molecule has 0 aliphatic heterocycles. The standard InChI is InChI=1S/C26H39S2.3CH3.Sn/c1-3-5-7-9-11-13-15-23-19-21-27-25(23)17-18-26-24(20-22-28-26)16-14-12-10-8-6-4-2;;;;/h17-21H,3-16H2,1-2H3;3*1H3;/b18-17+;;;;. The molecule has 0 unspecified atom stereocenters. The van der Waals surface area contributed by atoms with E-state index < -0.39 is 18.4 Å². The fraction of sp³-hybridized carbons (Fsp3) is 0.655. The zero-order valence-electron chi connectivity index (χ0n) is 21.6. The maximum atomic E-state index is 2.60. The summed E-state index contributed by atoms with van der Waals surface area (Å²) in [5.41, 5.74) is 3.18. The van der Waals surface area contributed by atoms with E-state index in [1.165, 1.54) is 94.8 Å². The molecule has 0 bridgehead atoms. The summed E-state index contributed by atoms with van der Waals surface area (Å²) in [6.45, 7) is 4.60.